The van der Waals surface area contributed by atoms with Gasteiger partial charge in [-0.05, 0) is 103 Å². The van der Waals surface area contributed by atoms with Crippen molar-refractivity contribution in [3.8, 4) is 5.88 Å². The lowest BCUT2D eigenvalue weighted by molar-refractivity contribution is -0.126. The normalized spacial score (nSPS) is 21.3. The number of nitrogens with one attached hydrogen (secondary N) is 2. The molecule has 2 amide bonds. The van der Waals surface area contributed by atoms with Gasteiger partial charge in [-0.15, -0.1) is 6.58 Å². The summed E-state index contributed by atoms with van der Waals surface area (Å²) in [6.45, 7) is 14.3. The van der Waals surface area contributed by atoms with E-state index in [0.717, 1.165) is 56.6 Å². The molecule has 5 rings (SSSR count). The molecule has 0 bridgehead atoms. The third-order valence-corrected chi connectivity index (χ3v) is 11.4. The first-order valence-corrected chi connectivity index (χ1v) is 19.2. The molecular formula is C37H52N6O6S. The van der Waals surface area contributed by atoms with E-state index in [9.17, 15) is 23.1 Å². The summed E-state index contributed by atoms with van der Waals surface area (Å²) in [4.78, 5) is 40.0. The Kier molecular flexibility index (Phi) is 12.1. The highest BCUT2D eigenvalue weighted by Crippen LogP contribution is 2.38. The van der Waals surface area contributed by atoms with Crippen molar-refractivity contribution in [1.82, 2.24) is 19.9 Å². The molecule has 0 radical (unpaired) electrons. The first kappa shape index (κ1) is 37.6. The number of ether oxygens (including phenoxy) is 1. The molecule has 2 fully saturated rings. The lowest BCUT2D eigenvalue weighted by Crippen LogP contribution is -2.44. The summed E-state index contributed by atoms with van der Waals surface area (Å²) < 4.78 is 34.0. The van der Waals surface area contributed by atoms with E-state index in [1.807, 2.05) is 33.8 Å². The number of anilines is 1. The molecule has 1 aromatic heterocycles. The quantitative estimate of drug-likeness (QED) is 0.261. The number of aliphatic imine (C=N–C) groups is 1. The molecule has 1 aromatic carbocycles. The molecular weight excluding hydrogens is 657 g/mol. The number of rotatable bonds is 13. The number of benzene rings is 1. The van der Waals surface area contributed by atoms with Crippen molar-refractivity contribution in [3.05, 3.63) is 60.3 Å². The van der Waals surface area contributed by atoms with Gasteiger partial charge in [-0.1, -0.05) is 12.1 Å². The Morgan fingerprint density at radius 2 is 1.86 bits per heavy atom. The minimum absolute atomic E-state index is 0.00744. The number of sulfonamides is 1. The molecule has 13 heteroatoms. The number of aliphatic hydroxyl groups is 1. The summed E-state index contributed by atoms with van der Waals surface area (Å²) in [7, 11) is -3.83. The topological polar surface area (TPSA) is 154 Å². The average Bonchev–Trinajstić information content (AvgIpc) is 3.44. The first-order valence-electron chi connectivity index (χ1n) is 17.7. The maximum atomic E-state index is 13.6. The highest BCUT2D eigenvalue weighted by molar-refractivity contribution is 7.89. The van der Waals surface area contributed by atoms with Crippen LogP contribution in [0.2, 0.25) is 0 Å². The second kappa shape index (κ2) is 16.1. The van der Waals surface area contributed by atoms with Gasteiger partial charge in [-0.3, -0.25) is 14.5 Å². The van der Waals surface area contributed by atoms with Gasteiger partial charge in [0.1, 0.15) is 12.4 Å². The summed E-state index contributed by atoms with van der Waals surface area (Å²) in [5, 5.41) is 13.4. The molecule has 272 valence electrons. The van der Waals surface area contributed by atoms with E-state index in [0.29, 0.717) is 43.5 Å². The van der Waals surface area contributed by atoms with Crippen LogP contribution in [-0.4, -0.2) is 91.5 Å². The van der Waals surface area contributed by atoms with E-state index in [-0.39, 0.29) is 40.9 Å². The Hall–Kier alpha value is -3.65. The molecule has 3 N–H and O–H groups in total. The predicted molar refractivity (Wildman–Crippen MR) is 194 cm³/mol. The minimum atomic E-state index is -3.83. The van der Waals surface area contributed by atoms with Crippen molar-refractivity contribution in [3.63, 3.8) is 0 Å². The van der Waals surface area contributed by atoms with Crippen LogP contribution in [0.25, 0.3) is 0 Å². The molecule has 3 heterocycles. The predicted octanol–water partition coefficient (Wildman–Crippen LogP) is 4.09. The number of aromatic nitrogens is 1. The Labute approximate surface area is 296 Å². The maximum Gasteiger partial charge on any atom is 0.278 e. The van der Waals surface area contributed by atoms with Crippen molar-refractivity contribution >= 4 is 33.4 Å². The fourth-order valence-electron chi connectivity index (χ4n) is 7.16. The van der Waals surface area contributed by atoms with Crippen LogP contribution >= 0.6 is 0 Å². The first-order chi connectivity index (χ1) is 23.7. The van der Waals surface area contributed by atoms with E-state index < -0.39 is 21.5 Å². The maximum absolute atomic E-state index is 13.6. The highest BCUT2D eigenvalue weighted by atomic mass is 32.2. The van der Waals surface area contributed by atoms with E-state index in [2.05, 4.69) is 36.4 Å². The number of amides is 2. The number of piperidine rings is 1. The smallest absolute Gasteiger partial charge is 0.278 e. The number of hydrogen-bond donors (Lipinski definition) is 3. The summed E-state index contributed by atoms with van der Waals surface area (Å²) in [6.07, 6.45) is 8.42. The zero-order valence-electron chi connectivity index (χ0n) is 29.7. The number of carbonyl (C=O) groups is 2. The number of amidine groups is 1. The van der Waals surface area contributed by atoms with E-state index >= 15 is 0 Å². The molecule has 0 spiro atoms. The lowest BCUT2D eigenvalue weighted by atomic mass is 9.83. The van der Waals surface area contributed by atoms with Crippen molar-refractivity contribution in [2.45, 2.75) is 95.2 Å². The fraction of sp³-hybridized carbons (Fsp3) is 0.568. The number of likely N-dealkylation sites (tertiary alicyclic amines) is 1. The van der Waals surface area contributed by atoms with Crippen LogP contribution in [0, 0.1) is 11.8 Å². The number of nitrogens with zero attached hydrogens (tertiary/aromatic N) is 4. The summed E-state index contributed by atoms with van der Waals surface area (Å²) in [5.41, 5.74) is 1.30. The largest absolute Gasteiger partial charge is 0.476 e. The van der Waals surface area contributed by atoms with Gasteiger partial charge >= 0.3 is 0 Å². The molecule has 1 saturated heterocycles. The van der Waals surface area contributed by atoms with Crippen molar-refractivity contribution < 1.29 is 27.9 Å². The van der Waals surface area contributed by atoms with Crippen LogP contribution in [0.3, 0.4) is 0 Å². The molecule has 1 saturated carbocycles. The van der Waals surface area contributed by atoms with Crippen LogP contribution in [0.1, 0.15) is 82.1 Å². The molecule has 50 heavy (non-hydrogen) atoms. The molecule has 0 atom stereocenters. The number of pyridine rings is 1. The van der Waals surface area contributed by atoms with Crippen molar-refractivity contribution in [1.29, 1.82) is 0 Å². The molecule has 0 unspecified atom stereocenters. The Morgan fingerprint density at radius 3 is 2.52 bits per heavy atom. The highest BCUT2D eigenvalue weighted by Gasteiger charge is 2.37. The second-order valence-electron chi connectivity index (χ2n) is 14.5. The van der Waals surface area contributed by atoms with Crippen LogP contribution in [0.5, 0.6) is 5.88 Å². The van der Waals surface area contributed by atoms with Gasteiger partial charge in [-0.2, -0.15) is 4.99 Å². The number of hydrogen-bond acceptors (Lipinski definition) is 8. The van der Waals surface area contributed by atoms with Gasteiger partial charge in [-0.25, -0.2) is 18.1 Å². The lowest BCUT2D eigenvalue weighted by Gasteiger charge is -2.37. The minimum Gasteiger partial charge on any atom is -0.476 e. The van der Waals surface area contributed by atoms with Gasteiger partial charge in [0.05, 0.1) is 16.2 Å². The van der Waals surface area contributed by atoms with Crippen molar-refractivity contribution in [2.75, 3.05) is 37.7 Å². The molecule has 1 aliphatic carbocycles. The molecule has 2 aliphatic heterocycles. The Balaban J connectivity index is 1.33. The van der Waals surface area contributed by atoms with Crippen LogP contribution in [0.4, 0.5) is 5.69 Å². The van der Waals surface area contributed by atoms with E-state index in [1.165, 1.54) is 24.3 Å². The molecule has 12 nitrogen and oxygen atoms in total. The SMILES string of the molecule is C=CCNS(=O)(=O)c1cccc(C(=O)N=C2Cc3cnc(OCCN4CCC(C(C)(C)O)CC4)cc3N2C2CCC(C(=O)NC(C)C)CC2)c1. The molecule has 2 aromatic rings. The van der Waals surface area contributed by atoms with E-state index in [1.54, 1.807) is 12.3 Å². The van der Waals surface area contributed by atoms with Gasteiger partial charge in [0.15, 0.2) is 0 Å². The van der Waals surface area contributed by atoms with Crippen LogP contribution in [-0.2, 0) is 21.2 Å². The second-order valence-corrected chi connectivity index (χ2v) is 16.3. The monoisotopic (exact) mass is 708 g/mol. The van der Waals surface area contributed by atoms with Crippen LogP contribution < -0.4 is 19.7 Å². The number of carbonyl (C=O) groups excluding carboxylic acids is 2. The zero-order valence-corrected chi connectivity index (χ0v) is 30.5. The average molecular weight is 709 g/mol. The Bertz CT molecular complexity index is 1670. The summed E-state index contributed by atoms with van der Waals surface area (Å²) in [6, 6.07) is 7.86. The summed E-state index contributed by atoms with van der Waals surface area (Å²) >= 11 is 0. The fourth-order valence-corrected chi connectivity index (χ4v) is 8.20. The zero-order chi connectivity index (χ0) is 36.1. The third kappa shape index (κ3) is 9.36. The van der Waals surface area contributed by atoms with Gasteiger partial charge in [0.2, 0.25) is 21.8 Å². The van der Waals surface area contributed by atoms with Gasteiger partial charge in [0, 0.05) is 60.9 Å². The Morgan fingerprint density at radius 1 is 1.14 bits per heavy atom. The van der Waals surface area contributed by atoms with Crippen LogP contribution in [0.15, 0.2) is 59.1 Å². The third-order valence-electron chi connectivity index (χ3n) is 9.97. The summed E-state index contributed by atoms with van der Waals surface area (Å²) in [5.74, 6) is 0.812. The van der Waals surface area contributed by atoms with Gasteiger partial charge in [0.25, 0.3) is 5.91 Å². The standard InChI is InChI=1S/C37H52N6O6S/c1-6-16-39-50(47,48)31-9-7-8-27(21-31)36(45)41-33-22-28-24-38-34(49-20-19-42-17-14-29(15-18-42)37(4,5)46)23-32(28)43(33)30-12-10-26(11-13-30)35(44)40-25(2)3/h6-9,21,23-26,29-30,39,46H,1,10-20,22H2,2-5H3,(H,40,44). The number of fused-ring (bicyclic) bond motifs is 1. The molecule has 3 aliphatic rings. The van der Waals surface area contributed by atoms with Gasteiger partial charge < -0.3 is 20.1 Å². The van der Waals surface area contributed by atoms with E-state index in [4.69, 9.17) is 4.74 Å². The van der Waals surface area contributed by atoms with Crippen molar-refractivity contribution in [2.24, 2.45) is 16.8 Å².